The van der Waals surface area contributed by atoms with Gasteiger partial charge >= 0.3 is 0 Å². The highest BCUT2D eigenvalue weighted by Gasteiger charge is 2.37. The third kappa shape index (κ3) is 3.47. The molecule has 2 heterocycles. The third-order valence-electron chi connectivity index (χ3n) is 5.24. The van der Waals surface area contributed by atoms with Crippen molar-refractivity contribution in [2.24, 2.45) is 11.8 Å². The molecule has 0 saturated carbocycles. The molecule has 5 nitrogen and oxygen atoms in total. The summed E-state index contributed by atoms with van der Waals surface area (Å²) in [6.07, 6.45) is 2.07. The molecule has 0 bridgehead atoms. The Labute approximate surface area is 150 Å². The lowest BCUT2D eigenvalue weighted by Crippen LogP contribution is -2.50. The minimum Gasteiger partial charge on any atom is -0.493 e. The second-order valence-electron chi connectivity index (χ2n) is 6.51. The Morgan fingerprint density at radius 3 is 2.54 bits per heavy atom. The first kappa shape index (κ1) is 18.9. The second kappa shape index (κ2) is 8.08. The van der Waals surface area contributed by atoms with Crippen molar-refractivity contribution >= 4 is 18.3 Å². The molecule has 2 saturated heterocycles. The lowest BCUT2D eigenvalue weighted by atomic mass is 9.87. The number of rotatable bonds is 5. The van der Waals surface area contributed by atoms with E-state index in [9.17, 15) is 4.79 Å². The normalized spacial score (nSPS) is 21.6. The molecule has 2 aliphatic rings. The molecule has 0 radical (unpaired) electrons. The first-order chi connectivity index (χ1) is 11.2. The maximum Gasteiger partial charge on any atom is 0.226 e. The number of carbonyl (C=O) groups excluding carboxylic acids is 1. The first-order valence-corrected chi connectivity index (χ1v) is 8.38. The maximum absolute atomic E-state index is 12.9. The number of nitrogens with zero attached hydrogens (tertiary/aromatic N) is 1. The smallest absolute Gasteiger partial charge is 0.226 e. The molecule has 0 spiro atoms. The number of carbonyl (C=O) groups is 1. The van der Waals surface area contributed by atoms with Crippen LogP contribution in [-0.2, 0) is 4.79 Å². The summed E-state index contributed by atoms with van der Waals surface area (Å²) < 4.78 is 10.7. The number of likely N-dealkylation sites (tertiary alicyclic amines) is 1. The molecule has 2 unspecified atom stereocenters. The minimum absolute atomic E-state index is 0. The van der Waals surface area contributed by atoms with Gasteiger partial charge in [-0.1, -0.05) is 13.0 Å². The van der Waals surface area contributed by atoms with Crippen LogP contribution in [0.5, 0.6) is 11.5 Å². The zero-order chi connectivity index (χ0) is 16.4. The van der Waals surface area contributed by atoms with Gasteiger partial charge in [0.2, 0.25) is 5.91 Å². The third-order valence-corrected chi connectivity index (χ3v) is 5.24. The van der Waals surface area contributed by atoms with Crippen LogP contribution in [0.25, 0.3) is 0 Å². The number of nitrogens with one attached hydrogen (secondary N) is 1. The molecule has 134 valence electrons. The molecule has 0 aromatic heterocycles. The van der Waals surface area contributed by atoms with Gasteiger partial charge in [-0.15, -0.1) is 12.4 Å². The highest BCUT2D eigenvalue weighted by molar-refractivity contribution is 5.85. The monoisotopic (exact) mass is 354 g/mol. The quantitative estimate of drug-likeness (QED) is 0.883. The zero-order valence-electron chi connectivity index (χ0n) is 14.6. The number of hydrogen-bond acceptors (Lipinski definition) is 4. The van der Waals surface area contributed by atoms with Crippen molar-refractivity contribution < 1.29 is 14.3 Å². The lowest BCUT2D eigenvalue weighted by molar-refractivity contribution is -0.138. The van der Waals surface area contributed by atoms with E-state index in [-0.39, 0.29) is 30.3 Å². The molecule has 6 heteroatoms. The van der Waals surface area contributed by atoms with Crippen LogP contribution in [0.3, 0.4) is 0 Å². The SMILES string of the molecule is COc1ccc(C2CCCN2C(=O)C(C)C2CNC2)cc1OC.Cl. The van der Waals surface area contributed by atoms with Gasteiger partial charge in [0.25, 0.3) is 0 Å². The molecule has 2 atom stereocenters. The Bertz CT molecular complexity index is 577. The zero-order valence-corrected chi connectivity index (χ0v) is 15.4. The van der Waals surface area contributed by atoms with Gasteiger partial charge in [0, 0.05) is 12.5 Å². The van der Waals surface area contributed by atoms with Crippen molar-refractivity contribution in [2.75, 3.05) is 33.9 Å². The van der Waals surface area contributed by atoms with Crippen LogP contribution < -0.4 is 14.8 Å². The number of halogens is 1. The summed E-state index contributed by atoms with van der Waals surface area (Å²) in [4.78, 5) is 14.9. The molecular formula is C18H27ClN2O3. The first-order valence-electron chi connectivity index (χ1n) is 8.38. The van der Waals surface area contributed by atoms with Crippen LogP contribution >= 0.6 is 12.4 Å². The van der Waals surface area contributed by atoms with E-state index in [4.69, 9.17) is 9.47 Å². The highest BCUT2D eigenvalue weighted by Crippen LogP contribution is 2.38. The van der Waals surface area contributed by atoms with Crippen molar-refractivity contribution in [1.29, 1.82) is 0 Å². The molecule has 24 heavy (non-hydrogen) atoms. The van der Waals surface area contributed by atoms with Crippen molar-refractivity contribution in [2.45, 2.75) is 25.8 Å². The summed E-state index contributed by atoms with van der Waals surface area (Å²) in [6.45, 7) is 4.84. The Morgan fingerprint density at radius 2 is 1.96 bits per heavy atom. The van der Waals surface area contributed by atoms with Crippen LogP contribution in [0.1, 0.15) is 31.4 Å². The van der Waals surface area contributed by atoms with Crippen molar-refractivity contribution in [1.82, 2.24) is 10.2 Å². The van der Waals surface area contributed by atoms with E-state index in [1.807, 2.05) is 18.2 Å². The number of ether oxygens (including phenoxy) is 2. The van der Waals surface area contributed by atoms with Crippen LogP contribution in [0.4, 0.5) is 0 Å². The maximum atomic E-state index is 12.9. The Morgan fingerprint density at radius 1 is 1.25 bits per heavy atom. The van der Waals surface area contributed by atoms with Crippen LogP contribution in [0.15, 0.2) is 18.2 Å². The standard InChI is InChI=1S/C18H26N2O3.ClH/c1-12(14-10-19-11-14)18(21)20-8-4-5-15(20)13-6-7-16(22-2)17(9-13)23-3;/h6-7,9,12,14-15,19H,4-5,8,10-11H2,1-3H3;1H. The molecular weight excluding hydrogens is 328 g/mol. The molecule has 1 N–H and O–H groups in total. The van der Waals surface area contributed by atoms with Crippen LogP contribution in [-0.4, -0.2) is 44.7 Å². The molecule has 2 aliphatic heterocycles. The van der Waals surface area contributed by atoms with Gasteiger partial charge in [0.15, 0.2) is 11.5 Å². The topological polar surface area (TPSA) is 50.8 Å². The predicted octanol–water partition coefficient (Wildman–Crippen LogP) is 2.64. The van der Waals surface area contributed by atoms with Crippen molar-refractivity contribution in [3.05, 3.63) is 23.8 Å². The molecule has 2 fully saturated rings. The highest BCUT2D eigenvalue weighted by atomic mass is 35.5. The van der Waals surface area contributed by atoms with Gasteiger partial charge in [-0.3, -0.25) is 4.79 Å². The van der Waals surface area contributed by atoms with Gasteiger partial charge < -0.3 is 19.7 Å². The molecule has 1 amide bonds. The summed E-state index contributed by atoms with van der Waals surface area (Å²) in [6, 6.07) is 6.13. The van der Waals surface area contributed by atoms with Crippen molar-refractivity contribution in [3.63, 3.8) is 0 Å². The summed E-state index contributed by atoms with van der Waals surface area (Å²) in [7, 11) is 3.28. The van der Waals surface area contributed by atoms with E-state index in [1.54, 1.807) is 14.2 Å². The lowest BCUT2D eigenvalue weighted by Gasteiger charge is -2.36. The van der Waals surface area contributed by atoms with E-state index in [2.05, 4.69) is 17.1 Å². The predicted molar refractivity (Wildman–Crippen MR) is 96.0 cm³/mol. The number of hydrogen-bond donors (Lipinski definition) is 1. The second-order valence-corrected chi connectivity index (χ2v) is 6.51. The largest absolute Gasteiger partial charge is 0.493 e. The van der Waals surface area contributed by atoms with Gasteiger partial charge in [-0.25, -0.2) is 0 Å². The fraction of sp³-hybridized carbons (Fsp3) is 0.611. The van der Waals surface area contributed by atoms with E-state index in [0.29, 0.717) is 5.92 Å². The Hall–Kier alpha value is -1.46. The van der Waals surface area contributed by atoms with E-state index >= 15 is 0 Å². The number of methoxy groups -OCH3 is 2. The Balaban J connectivity index is 0.00000208. The fourth-order valence-electron chi connectivity index (χ4n) is 3.56. The number of benzene rings is 1. The van der Waals surface area contributed by atoms with E-state index in [0.717, 1.165) is 49.5 Å². The van der Waals surface area contributed by atoms with Crippen LogP contribution in [0, 0.1) is 11.8 Å². The molecule has 3 rings (SSSR count). The summed E-state index contributed by atoms with van der Waals surface area (Å²) in [5.41, 5.74) is 1.13. The van der Waals surface area contributed by atoms with Crippen molar-refractivity contribution in [3.8, 4) is 11.5 Å². The van der Waals surface area contributed by atoms with Crippen LogP contribution in [0.2, 0.25) is 0 Å². The van der Waals surface area contributed by atoms with E-state index in [1.165, 1.54) is 0 Å². The minimum atomic E-state index is 0. The average Bonchev–Trinajstić information content (AvgIpc) is 3.01. The molecule has 0 aliphatic carbocycles. The van der Waals surface area contributed by atoms with Gasteiger partial charge in [0.05, 0.1) is 20.3 Å². The van der Waals surface area contributed by atoms with Gasteiger partial charge in [-0.2, -0.15) is 0 Å². The molecule has 1 aromatic carbocycles. The Kier molecular flexibility index (Phi) is 6.35. The molecule has 1 aromatic rings. The van der Waals surface area contributed by atoms with Gasteiger partial charge in [0.1, 0.15) is 0 Å². The summed E-state index contributed by atoms with van der Waals surface area (Å²) >= 11 is 0. The van der Waals surface area contributed by atoms with E-state index < -0.39 is 0 Å². The fourth-order valence-corrected chi connectivity index (χ4v) is 3.56. The number of amides is 1. The summed E-state index contributed by atoms with van der Waals surface area (Å²) in [5, 5.41) is 3.26. The summed E-state index contributed by atoms with van der Waals surface area (Å²) in [5.74, 6) is 2.31. The van der Waals surface area contributed by atoms with Gasteiger partial charge in [-0.05, 0) is 49.5 Å². The average molecular weight is 355 g/mol.